The molecular weight excluding hydrogens is 332 g/mol. The van der Waals surface area contributed by atoms with Gasteiger partial charge in [0.1, 0.15) is 30.7 Å². The Bertz CT molecular complexity index is 811. The second-order valence-electron chi connectivity index (χ2n) is 5.42. The number of benzene rings is 1. The van der Waals surface area contributed by atoms with Crippen molar-refractivity contribution in [2.75, 3.05) is 12.3 Å². The summed E-state index contributed by atoms with van der Waals surface area (Å²) in [6, 6.07) is 8.28. The van der Waals surface area contributed by atoms with Crippen molar-refractivity contribution in [1.29, 1.82) is 0 Å². The van der Waals surface area contributed by atoms with E-state index in [1.165, 1.54) is 0 Å². The minimum absolute atomic E-state index is 0.0809. The van der Waals surface area contributed by atoms with Gasteiger partial charge in [0.2, 0.25) is 0 Å². The summed E-state index contributed by atoms with van der Waals surface area (Å²) in [5, 5.41) is 23.9. The Kier molecular flexibility index (Phi) is 4.74. The number of esters is 1. The van der Waals surface area contributed by atoms with Crippen molar-refractivity contribution in [2.24, 2.45) is 0 Å². The molecule has 1 aliphatic rings. The highest BCUT2D eigenvalue weighted by Gasteiger charge is 2.45. The van der Waals surface area contributed by atoms with Crippen LogP contribution < -0.4 is 11.4 Å². The number of aliphatic hydroxyl groups excluding tert-OH is 2. The number of aromatic nitrogens is 3. The summed E-state index contributed by atoms with van der Waals surface area (Å²) in [6.07, 6.45) is -4.00. The third kappa shape index (κ3) is 3.50. The Hall–Kier alpha value is -2.82. The number of hydrogen-bond donors (Lipinski definition) is 3. The SMILES string of the molecule is Nc1cnn(C2OC(COC(=O)c3ccccc3)C(O)C2O)c(=O)n1. The van der Waals surface area contributed by atoms with Crippen molar-refractivity contribution >= 4 is 11.8 Å². The smallest absolute Gasteiger partial charge is 0.368 e. The summed E-state index contributed by atoms with van der Waals surface area (Å²) in [4.78, 5) is 27.2. The van der Waals surface area contributed by atoms with Gasteiger partial charge in [0.05, 0.1) is 11.8 Å². The molecular formula is C15H16N4O6. The van der Waals surface area contributed by atoms with E-state index >= 15 is 0 Å². The number of hydrogen-bond acceptors (Lipinski definition) is 9. The zero-order valence-electron chi connectivity index (χ0n) is 12.9. The van der Waals surface area contributed by atoms with Gasteiger partial charge in [-0.2, -0.15) is 14.8 Å². The minimum atomic E-state index is -1.45. The van der Waals surface area contributed by atoms with Gasteiger partial charge < -0.3 is 25.4 Å². The van der Waals surface area contributed by atoms with E-state index in [2.05, 4.69) is 10.1 Å². The monoisotopic (exact) mass is 348 g/mol. The van der Waals surface area contributed by atoms with E-state index in [4.69, 9.17) is 15.2 Å². The molecule has 10 heteroatoms. The molecule has 4 unspecified atom stereocenters. The predicted molar refractivity (Wildman–Crippen MR) is 83.4 cm³/mol. The number of carbonyl (C=O) groups excluding carboxylic acids is 1. The molecule has 0 saturated carbocycles. The van der Waals surface area contributed by atoms with Gasteiger partial charge in [-0.3, -0.25) is 0 Å². The van der Waals surface area contributed by atoms with Crippen molar-refractivity contribution < 1.29 is 24.5 Å². The average Bonchev–Trinajstić information content (AvgIpc) is 2.89. The number of nitrogens with zero attached hydrogens (tertiary/aromatic N) is 3. The second kappa shape index (κ2) is 6.97. The molecule has 3 rings (SSSR count). The molecule has 0 aliphatic carbocycles. The number of nitrogen functional groups attached to an aromatic ring is 1. The number of nitrogens with two attached hydrogens (primary N) is 1. The van der Waals surface area contributed by atoms with Crippen molar-refractivity contribution in [3.8, 4) is 0 Å². The van der Waals surface area contributed by atoms with Crippen molar-refractivity contribution in [3.63, 3.8) is 0 Å². The van der Waals surface area contributed by atoms with Crippen LogP contribution in [0, 0.1) is 0 Å². The van der Waals surface area contributed by atoms with Gasteiger partial charge in [0.25, 0.3) is 0 Å². The van der Waals surface area contributed by atoms with Crippen LogP contribution in [0.2, 0.25) is 0 Å². The molecule has 0 amide bonds. The topological polar surface area (TPSA) is 150 Å². The van der Waals surface area contributed by atoms with Crippen LogP contribution in [0.25, 0.3) is 0 Å². The van der Waals surface area contributed by atoms with Crippen LogP contribution in [0.4, 0.5) is 5.82 Å². The van der Waals surface area contributed by atoms with Gasteiger partial charge in [0.15, 0.2) is 6.23 Å². The first-order chi connectivity index (χ1) is 12.0. The number of carbonyl (C=O) groups is 1. The van der Waals surface area contributed by atoms with Crippen molar-refractivity contribution in [2.45, 2.75) is 24.5 Å². The largest absolute Gasteiger partial charge is 0.459 e. The maximum absolute atomic E-state index is 11.9. The Morgan fingerprint density at radius 2 is 2.00 bits per heavy atom. The molecule has 132 valence electrons. The van der Waals surface area contributed by atoms with Gasteiger partial charge in [-0.05, 0) is 12.1 Å². The van der Waals surface area contributed by atoms with E-state index in [0.717, 1.165) is 10.9 Å². The molecule has 2 aromatic rings. The molecule has 4 atom stereocenters. The quantitative estimate of drug-likeness (QED) is 0.573. The standard InChI is InChI=1S/C15H16N4O6/c16-10-6-17-19(15(23)18-10)13-12(21)11(20)9(25-13)7-24-14(22)8-4-2-1-3-5-8/h1-6,9,11-13,20-21H,7H2,(H2,16,18,23). The van der Waals surface area contributed by atoms with Gasteiger partial charge in [-0.25, -0.2) is 9.59 Å². The zero-order valence-corrected chi connectivity index (χ0v) is 12.9. The predicted octanol–water partition coefficient (Wildman–Crippen LogP) is -1.30. The fourth-order valence-corrected chi connectivity index (χ4v) is 2.42. The summed E-state index contributed by atoms with van der Waals surface area (Å²) in [5.41, 5.74) is 4.86. The van der Waals surface area contributed by atoms with Crippen LogP contribution in [0.5, 0.6) is 0 Å². The zero-order chi connectivity index (χ0) is 18.0. The van der Waals surface area contributed by atoms with Crippen LogP contribution in [-0.2, 0) is 9.47 Å². The summed E-state index contributed by atoms with van der Waals surface area (Å²) in [5.74, 6) is -0.679. The lowest BCUT2D eigenvalue weighted by atomic mass is 10.1. The van der Waals surface area contributed by atoms with Crippen molar-refractivity contribution in [3.05, 3.63) is 52.6 Å². The number of anilines is 1. The number of ether oxygens (including phenoxy) is 2. The molecule has 1 fully saturated rings. The van der Waals surface area contributed by atoms with Gasteiger partial charge in [-0.1, -0.05) is 18.2 Å². The van der Waals surface area contributed by atoms with Crippen LogP contribution >= 0.6 is 0 Å². The third-order valence-corrected chi connectivity index (χ3v) is 3.70. The fraction of sp³-hybridized carbons (Fsp3) is 0.333. The maximum Gasteiger partial charge on any atom is 0.368 e. The van der Waals surface area contributed by atoms with E-state index in [0.29, 0.717) is 5.56 Å². The van der Waals surface area contributed by atoms with Crippen LogP contribution in [0.15, 0.2) is 41.3 Å². The first kappa shape index (κ1) is 17.0. The van der Waals surface area contributed by atoms with Crippen LogP contribution in [0.1, 0.15) is 16.6 Å². The molecule has 4 N–H and O–H groups in total. The van der Waals surface area contributed by atoms with Crippen LogP contribution in [-0.4, -0.2) is 55.9 Å². The van der Waals surface area contributed by atoms with E-state index in [1.54, 1.807) is 30.3 Å². The molecule has 0 spiro atoms. The molecule has 10 nitrogen and oxygen atoms in total. The normalized spacial score (nSPS) is 25.7. The highest BCUT2D eigenvalue weighted by atomic mass is 16.6. The molecule has 1 saturated heterocycles. The second-order valence-corrected chi connectivity index (χ2v) is 5.42. The Balaban J connectivity index is 1.68. The maximum atomic E-state index is 11.9. The van der Waals surface area contributed by atoms with E-state index in [1.807, 2.05) is 0 Å². The highest BCUT2D eigenvalue weighted by molar-refractivity contribution is 5.89. The summed E-state index contributed by atoms with van der Waals surface area (Å²) in [6.45, 7) is -0.306. The molecule has 1 aromatic heterocycles. The van der Waals surface area contributed by atoms with Crippen LogP contribution in [0.3, 0.4) is 0 Å². The summed E-state index contributed by atoms with van der Waals surface area (Å²) in [7, 11) is 0. The molecule has 2 heterocycles. The molecule has 1 aromatic carbocycles. The van der Waals surface area contributed by atoms with Crippen molar-refractivity contribution in [1.82, 2.24) is 14.8 Å². The Labute approximate surface area is 141 Å². The lowest BCUT2D eigenvalue weighted by Crippen LogP contribution is -2.37. The van der Waals surface area contributed by atoms with Gasteiger partial charge >= 0.3 is 11.7 Å². The Morgan fingerprint density at radius 3 is 2.68 bits per heavy atom. The number of aliphatic hydroxyl groups is 2. The molecule has 0 bridgehead atoms. The lowest BCUT2D eigenvalue weighted by Gasteiger charge is -2.15. The van der Waals surface area contributed by atoms with E-state index in [-0.39, 0.29) is 12.4 Å². The lowest BCUT2D eigenvalue weighted by molar-refractivity contribution is -0.0657. The third-order valence-electron chi connectivity index (χ3n) is 3.70. The molecule has 0 radical (unpaired) electrons. The van der Waals surface area contributed by atoms with E-state index in [9.17, 15) is 19.8 Å². The van der Waals surface area contributed by atoms with Gasteiger partial charge in [-0.15, -0.1) is 0 Å². The molecule has 1 aliphatic heterocycles. The minimum Gasteiger partial charge on any atom is -0.459 e. The fourth-order valence-electron chi connectivity index (χ4n) is 2.42. The first-order valence-corrected chi connectivity index (χ1v) is 7.42. The first-order valence-electron chi connectivity index (χ1n) is 7.42. The molecule has 25 heavy (non-hydrogen) atoms. The van der Waals surface area contributed by atoms with E-state index < -0.39 is 36.2 Å². The highest BCUT2D eigenvalue weighted by Crippen LogP contribution is 2.28. The average molecular weight is 348 g/mol. The summed E-state index contributed by atoms with van der Waals surface area (Å²) < 4.78 is 11.3. The Morgan fingerprint density at radius 1 is 1.28 bits per heavy atom. The summed E-state index contributed by atoms with van der Waals surface area (Å²) >= 11 is 0. The number of rotatable bonds is 4. The van der Waals surface area contributed by atoms with Gasteiger partial charge in [0, 0.05) is 0 Å².